The number of nitrogens with one attached hydrogen (secondary N) is 1. The second kappa shape index (κ2) is 5.52. The van der Waals surface area contributed by atoms with Crippen molar-refractivity contribution in [1.29, 1.82) is 5.26 Å². The smallest absolute Gasteiger partial charge is 0.143 e. The molecule has 0 aliphatic carbocycles. The van der Waals surface area contributed by atoms with Gasteiger partial charge in [-0.1, -0.05) is 6.07 Å². The molecule has 0 amide bonds. The second-order valence-corrected chi connectivity index (χ2v) is 4.40. The van der Waals surface area contributed by atoms with Crippen LogP contribution in [0.3, 0.4) is 0 Å². The minimum absolute atomic E-state index is 0.513. The number of rotatable bonds is 3. The molecule has 2 rings (SSSR count). The van der Waals surface area contributed by atoms with Gasteiger partial charge in [0.2, 0.25) is 0 Å². The lowest BCUT2D eigenvalue weighted by molar-refractivity contribution is 0.416. The Morgan fingerprint density at radius 3 is 2.78 bits per heavy atom. The maximum atomic E-state index is 9.09. The van der Waals surface area contributed by atoms with Gasteiger partial charge in [-0.15, -0.1) is 0 Å². The van der Waals surface area contributed by atoms with Crippen LogP contribution in [0.5, 0.6) is 5.75 Å². The molecule has 1 aromatic carbocycles. The van der Waals surface area contributed by atoms with Gasteiger partial charge in [-0.3, -0.25) is 0 Å². The van der Waals surface area contributed by atoms with E-state index in [1.54, 1.807) is 31.5 Å². The molecule has 2 aromatic rings. The van der Waals surface area contributed by atoms with Crippen LogP contribution >= 0.6 is 15.9 Å². The first-order valence-corrected chi connectivity index (χ1v) is 5.99. The third-order valence-corrected chi connectivity index (χ3v) is 2.82. The molecule has 4 nitrogen and oxygen atoms in total. The highest BCUT2D eigenvalue weighted by Crippen LogP contribution is 2.30. The molecule has 0 aliphatic rings. The van der Waals surface area contributed by atoms with Crippen LogP contribution in [0.15, 0.2) is 41.0 Å². The van der Waals surface area contributed by atoms with Crippen molar-refractivity contribution in [3.8, 4) is 11.8 Å². The van der Waals surface area contributed by atoms with E-state index >= 15 is 0 Å². The molecule has 0 atom stereocenters. The lowest BCUT2D eigenvalue weighted by Crippen LogP contribution is -1.98. The average Bonchev–Trinajstić information content (AvgIpc) is 2.41. The van der Waals surface area contributed by atoms with Crippen molar-refractivity contribution in [1.82, 2.24) is 4.98 Å². The maximum Gasteiger partial charge on any atom is 0.143 e. The van der Waals surface area contributed by atoms with E-state index in [1.807, 2.05) is 12.1 Å². The molecule has 0 fully saturated rings. The highest BCUT2D eigenvalue weighted by atomic mass is 79.9. The Kier molecular flexibility index (Phi) is 3.80. The summed E-state index contributed by atoms with van der Waals surface area (Å²) in [5.74, 6) is 1.26. The summed E-state index contributed by atoms with van der Waals surface area (Å²) in [7, 11) is 1.57. The molecule has 0 spiro atoms. The summed E-state index contributed by atoms with van der Waals surface area (Å²) in [6, 6.07) is 11.1. The highest BCUT2D eigenvalue weighted by Gasteiger charge is 2.09. The molecule has 1 N–H and O–H groups in total. The van der Waals surface area contributed by atoms with E-state index in [0.717, 1.165) is 4.47 Å². The van der Waals surface area contributed by atoms with Crippen molar-refractivity contribution in [2.24, 2.45) is 0 Å². The first-order chi connectivity index (χ1) is 8.74. The van der Waals surface area contributed by atoms with Crippen molar-refractivity contribution < 1.29 is 4.74 Å². The minimum Gasteiger partial charge on any atom is -0.495 e. The molecule has 0 radical (unpaired) electrons. The van der Waals surface area contributed by atoms with Gasteiger partial charge in [-0.05, 0) is 40.2 Å². The summed E-state index contributed by atoms with van der Waals surface area (Å²) in [5.41, 5.74) is 1.14. The molecular weight excluding hydrogens is 294 g/mol. The number of hydrogen-bond acceptors (Lipinski definition) is 4. The largest absolute Gasteiger partial charge is 0.495 e. The standard InChI is InChI=1S/C13H10BrN3O/c1-18-11-4-2-3-9(7-15)13(11)17-12-6-5-10(14)8-16-12/h2-6,8H,1H3,(H,16,17). The normalized spacial score (nSPS) is 9.61. The number of nitrogens with zero attached hydrogens (tertiary/aromatic N) is 2. The Morgan fingerprint density at radius 1 is 1.33 bits per heavy atom. The van der Waals surface area contributed by atoms with Crippen LogP contribution in [-0.2, 0) is 0 Å². The van der Waals surface area contributed by atoms with Crippen LogP contribution in [0.4, 0.5) is 11.5 Å². The van der Waals surface area contributed by atoms with Gasteiger partial charge in [-0.25, -0.2) is 4.98 Å². The lowest BCUT2D eigenvalue weighted by atomic mass is 10.2. The van der Waals surface area contributed by atoms with Crippen LogP contribution in [0, 0.1) is 11.3 Å². The highest BCUT2D eigenvalue weighted by molar-refractivity contribution is 9.10. The average molecular weight is 304 g/mol. The van der Waals surface area contributed by atoms with E-state index in [1.165, 1.54) is 0 Å². The molecular formula is C13H10BrN3O. The topological polar surface area (TPSA) is 57.9 Å². The second-order valence-electron chi connectivity index (χ2n) is 3.48. The van der Waals surface area contributed by atoms with Crippen LogP contribution in [0.25, 0.3) is 0 Å². The fourth-order valence-corrected chi connectivity index (χ4v) is 1.74. The van der Waals surface area contributed by atoms with Crippen LogP contribution in [-0.4, -0.2) is 12.1 Å². The first kappa shape index (κ1) is 12.4. The monoisotopic (exact) mass is 303 g/mol. The van der Waals surface area contributed by atoms with E-state index < -0.39 is 0 Å². The van der Waals surface area contributed by atoms with Crippen molar-refractivity contribution in [3.63, 3.8) is 0 Å². The summed E-state index contributed by atoms with van der Waals surface area (Å²) in [6.07, 6.45) is 1.68. The number of para-hydroxylation sites is 1. The molecule has 1 heterocycles. The number of pyridine rings is 1. The zero-order valence-corrected chi connectivity index (χ0v) is 11.2. The summed E-state index contributed by atoms with van der Waals surface area (Å²) in [5, 5.41) is 12.2. The first-order valence-electron chi connectivity index (χ1n) is 5.20. The van der Waals surface area contributed by atoms with Gasteiger partial charge < -0.3 is 10.1 Å². The van der Waals surface area contributed by atoms with E-state index in [-0.39, 0.29) is 0 Å². The van der Waals surface area contributed by atoms with Gasteiger partial charge in [-0.2, -0.15) is 5.26 Å². The molecule has 0 unspecified atom stereocenters. The molecule has 90 valence electrons. The van der Waals surface area contributed by atoms with E-state index in [9.17, 15) is 0 Å². The zero-order valence-electron chi connectivity index (χ0n) is 9.64. The quantitative estimate of drug-likeness (QED) is 0.943. The van der Waals surface area contributed by atoms with Crippen LogP contribution in [0.1, 0.15) is 5.56 Å². The Morgan fingerprint density at radius 2 is 2.17 bits per heavy atom. The van der Waals surface area contributed by atoms with Gasteiger partial charge in [0.25, 0.3) is 0 Å². The van der Waals surface area contributed by atoms with Crippen LogP contribution < -0.4 is 10.1 Å². The molecule has 0 aliphatic heterocycles. The SMILES string of the molecule is COc1cccc(C#N)c1Nc1ccc(Br)cn1. The van der Waals surface area contributed by atoms with E-state index in [0.29, 0.717) is 22.8 Å². The van der Waals surface area contributed by atoms with Gasteiger partial charge in [0.1, 0.15) is 23.3 Å². The Bertz CT molecular complexity index is 590. The Balaban J connectivity index is 2.39. The van der Waals surface area contributed by atoms with Gasteiger partial charge in [0.05, 0.1) is 12.7 Å². The molecule has 0 bridgehead atoms. The van der Waals surface area contributed by atoms with Crippen molar-refractivity contribution in [3.05, 3.63) is 46.6 Å². The fourth-order valence-electron chi connectivity index (χ4n) is 1.50. The summed E-state index contributed by atoms with van der Waals surface area (Å²) in [6.45, 7) is 0. The predicted octanol–water partition coefficient (Wildman–Crippen LogP) is 3.47. The van der Waals surface area contributed by atoms with Gasteiger partial charge in [0, 0.05) is 10.7 Å². The molecule has 18 heavy (non-hydrogen) atoms. The van der Waals surface area contributed by atoms with Crippen molar-refractivity contribution >= 4 is 27.4 Å². The number of anilines is 2. The number of halogens is 1. The third kappa shape index (κ3) is 2.60. The van der Waals surface area contributed by atoms with E-state index in [2.05, 4.69) is 32.3 Å². The summed E-state index contributed by atoms with van der Waals surface area (Å²) < 4.78 is 6.13. The van der Waals surface area contributed by atoms with Gasteiger partial charge in [0.15, 0.2) is 0 Å². The molecule has 5 heteroatoms. The molecule has 1 aromatic heterocycles. The number of hydrogen-bond donors (Lipinski definition) is 1. The Hall–Kier alpha value is -2.06. The van der Waals surface area contributed by atoms with Crippen LogP contribution in [0.2, 0.25) is 0 Å². The number of benzene rings is 1. The number of nitriles is 1. The third-order valence-electron chi connectivity index (χ3n) is 2.35. The number of aromatic nitrogens is 1. The van der Waals surface area contributed by atoms with E-state index in [4.69, 9.17) is 10.00 Å². The van der Waals surface area contributed by atoms with Crippen molar-refractivity contribution in [2.75, 3.05) is 12.4 Å². The number of ether oxygens (including phenoxy) is 1. The van der Waals surface area contributed by atoms with Gasteiger partial charge >= 0.3 is 0 Å². The fraction of sp³-hybridized carbons (Fsp3) is 0.0769. The molecule has 0 saturated carbocycles. The predicted molar refractivity (Wildman–Crippen MR) is 72.9 cm³/mol. The summed E-state index contributed by atoms with van der Waals surface area (Å²) in [4.78, 5) is 4.20. The zero-order chi connectivity index (χ0) is 13.0. The minimum atomic E-state index is 0.513. The Labute approximate surface area is 113 Å². The maximum absolute atomic E-state index is 9.09. The van der Waals surface area contributed by atoms with Crippen molar-refractivity contribution in [2.45, 2.75) is 0 Å². The molecule has 0 saturated heterocycles. The lowest BCUT2D eigenvalue weighted by Gasteiger charge is -2.11. The number of methoxy groups -OCH3 is 1. The summed E-state index contributed by atoms with van der Waals surface area (Å²) >= 11 is 3.32.